The zero-order chi connectivity index (χ0) is 12.3. The Kier molecular flexibility index (Phi) is 5.34. The van der Waals surface area contributed by atoms with E-state index in [0.717, 1.165) is 5.75 Å². The van der Waals surface area contributed by atoms with E-state index < -0.39 is 0 Å². The Balaban J connectivity index is 4.60. The van der Waals surface area contributed by atoms with E-state index in [-0.39, 0.29) is 17.0 Å². The molecular formula is C12H25NOS. The Morgan fingerprint density at radius 3 is 1.93 bits per heavy atom. The Morgan fingerprint density at radius 1 is 1.20 bits per heavy atom. The van der Waals surface area contributed by atoms with Gasteiger partial charge in [0.15, 0.2) is 5.78 Å². The second kappa shape index (κ2) is 5.35. The molecule has 0 heterocycles. The van der Waals surface area contributed by atoms with Crippen molar-refractivity contribution in [3.63, 3.8) is 0 Å². The fourth-order valence-corrected chi connectivity index (χ4v) is 1.96. The third-order valence-electron chi connectivity index (χ3n) is 2.00. The topological polar surface area (TPSA) is 29.1 Å². The molecule has 0 amide bonds. The highest BCUT2D eigenvalue weighted by atomic mass is 32.2. The fourth-order valence-electron chi connectivity index (χ4n) is 1.39. The standard InChI is InChI=1S/C12H25NOS/c1-11(2,3)10(14)9(8-15-7)13-12(4,5)6/h9,13H,8H2,1-7H3/t9-/m0/s1. The van der Waals surface area contributed by atoms with Crippen molar-refractivity contribution in [1.29, 1.82) is 0 Å². The first-order valence-corrected chi connectivity index (χ1v) is 6.78. The molecule has 0 saturated heterocycles. The minimum absolute atomic E-state index is 0.0126. The van der Waals surface area contributed by atoms with E-state index in [4.69, 9.17) is 0 Å². The molecule has 0 aromatic rings. The lowest BCUT2D eigenvalue weighted by Gasteiger charge is -2.31. The summed E-state index contributed by atoms with van der Waals surface area (Å²) in [7, 11) is 0. The largest absolute Gasteiger partial charge is 0.302 e. The van der Waals surface area contributed by atoms with Crippen LogP contribution in [0, 0.1) is 5.41 Å². The van der Waals surface area contributed by atoms with Crippen LogP contribution in [0.15, 0.2) is 0 Å². The van der Waals surface area contributed by atoms with Crippen molar-refractivity contribution in [3.05, 3.63) is 0 Å². The van der Waals surface area contributed by atoms with Crippen molar-refractivity contribution in [1.82, 2.24) is 5.32 Å². The number of carbonyl (C=O) groups excluding carboxylic acids is 1. The average molecular weight is 231 g/mol. The minimum atomic E-state index is -0.265. The Bertz CT molecular complexity index is 213. The third kappa shape index (κ3) is 6.21. The zero-order valence-electron chi connectivity index (χ0n) is 11.1. The number of hydrogen-bond donors (Lipinski definition) is 1. The van der Waals surface area contributed by atoms with Crippen LogP contribution in [0.1, 0.15) is 41.5 Å². The maximum Gasteiger partial charge on any atom is 0.155 e. The molecule has 0 radical (unpaired) electrons. The summed E-state index contributed by atoms with van der Waals surface area (Å²) in [6, 6.07) is -0.0417. The molecule has 0 aromatic heterocycles. The van der Waals surface area contributed by atoms with E-state index in [9.17, 15) is 4.79 Å². The highest BCUT2D eigenvalue weighted by Crippen LogP contribution is 2.19. The van der Waals surface area contributed by atoms with Crippen LogP contribution in [-0.2, 0) is 4.79 Å². The van der Waals surface area contributed by atoms with Crippen molar-refractivity contribution in [2.75, 3.05) is 12.0 Å². The van der Waals surface area contributed by atoms with Gasteiger partial charge in [0, 0.05) is 16.7 Å². The van der Waals surface area contributed by atoms with Gasteiger partial charge in [-0.05, 0) is 27.0 Å². The number of Topliss-reactive ketones (excluding diaryl/α,β-unsaturated/α-hetero) is 1. The molecule has 0 aliphatic heterocycles. The fraction of sp³-hybridized carbons (Fsp3) is 0.917. The summed E-state index contributed by atoms with van der Waals surface area (Å²) in [6.45, 7) is 12.2. The van der Waals surface area contributed by atoms with Crippen LogP contribution >= 0.6 is 11.8 Å². The van der Waals surface area contributed by atoms with Crippen molar-refractivity contribution in [2.45, 2.75) is 53.1 Å². The van der Waals surface area contributed by atoms with Gasteiger partial charge in [-0.2, -0.15) is 11.8 Å². The van der Waals surface area contributed by atoms with Gasteiger partial charge >= 0.3 is 0 Å². The molecule has 0 saturated carbocycles. The Morgan fingerprint density at radius 2 is 1.67 bits per heavy atom. The third-order valence-corrected chi connectivity index (χ3v) is 2.66. The normalized spacial score (nSPS) is 15.1. The van der Waals surface area contributed by atoms with Gasteiger partial charge in [0.2, 0.25) is 0 Å². The van der Waals surface area contributed by atoms with Gasteiger partial charge in [-0.25, -0.2) is 0 Å². The summed E-state index contributed by atoms with van der Waals surface area (Å²) in [5.74, 6) is 1.14. The predicted molar refractivity (Wildman–Crippen MR) is 69.5 cm³/mol. The number of nitrogens with one attached hydrogen (secondary N) is 1. The van der Waals surface area contributed by atoms with E-state index in [1.165, 1.54) is 0 Å². The van der Waals surface area contributed by atoms with Gasteiger partial charge in [-0.3, -0.25) is 4.79 Å². The van der Waals surface area contributed by atoms with Gasteiger partial charge in [-0.1, -0.05) is 20.8 Å². The molecular weight excluding hydrogens is 206 g/mol. The first-order valence-electron chi connectivity index (χ1n) is 5.39. The highest BCUT2D eigenvalue weighted by Gasteiger charge is 2.31. The molecule has 2 nitrogen and oxygen atoms in total. The molecule has 15 heavy (non-hydrogen) atoms. The Hall–Kier alpha value is -0.0200. The number of carbonyl (C=O) groups is 1. The summed E-state index contributed by atoms with van der Waals surface area (Å²) in [5.41, 5.74) is -0.278. The molecule has 0 aliphatic rings. The maximum absolute atomic E-state index is 12.2. The van der Waals surface area contributed by atoms with Crippen molar-refractivity contribution in [2.24, 2.45) is 5.41 Å². The number of hydrogen-bond acceptors (Lipinski definition) is 3. The molecule has 0 bridgehead atoms. The van der Waals surface area contributed by atoms with Crippen molar-refractivity contribution < 1.29 is 4.79 Å². The quantitative estimate of drug-likeness (QED) is 0.806. The summed E-state index contributed by atoms with van der Waals surface area (Å²) in [6.07, 6.45) is 2.04. The molecule has 1 N–H and O–H groups in total. The molecule has 0 rings (SSSR count). The van der Waals surface area contributed by atoms with Crippen LogP contribution in [-0.4, -0.2) is 29.4 Å². The number of thioether (sulfide) groups is 1. The Labute approximate surface area is 98.6 Å². The second-order valence-electron chi connectivity index (χ2n) is 6.02. The van der Waals surface area contributed by atoms with Gasteiger partial charge in [0.25, 0.3) is 0 Å². The van der Waals surface area contributed by atoms with Crippen LogP contribution < -0.4 is 5.32 Å². The molecule has 0 spiro atoms. The van der Waals surface area contributed by atoms with Crippen LogP contribution in [0.25, 0.3) is 0 Å². The lowest BCUT2D eigenvalue weighted by atomic mass is 9.86. The smallest absolute Gasteiger partial charge is 0.155 e. The highest BCUT2D eigenvalue weighted by molar-refractivity contribution is 7.98. The van der Waals surface area contributed by atoms with E-state index in [1.807, 2.05) is 27.0 Å². The second-order valence-corrected chi connectivity index (χ2v) is 6.93. The summed E-state index contributed by atoms with van der Waals surface area (Å²) >= 11 is 1.71. The minimum Gasteiger partial charge on any atom is -0.302 e. The van der Waals surface area contributed by atoms with Crippen LogP contribution in [0.2, 0.25) is 0 Å². The first kappa shape index (κ1) is 15.0. The maximum atomic E-state index is 12.2. The number of ketones is 1. The molecule has 3 heteroatoms. The van der Waals surface area contributed by atoms with Crippen LogP contribution in [0.3, 0.4) is 0 Å². The molecule has 0 aliphatic carbocycles. The first-order chi connectivity index (χ1) is 6.58. The van der Waals surface area contributed by atoms with E-state index >= 15 is 0 Å². The molecule has 0 aromatic carbocycles. The monoisotopic (exact) mass is 231 g/mol. The van der Waals surface area contributed by atoms with Crippen LogP contribution in [0.5, 0.6) is 0 Å². The van der Waals surface area contributed by atoms with Gasteiger partial charge in [0.05, 0.1) is 6.04 Å². The lowest BCUT2D eigenvalue weighted by molar-refractivity contribution is -0.128. The summed E-state index contributed by atoms with van der Waals surface area (Å²) in [4.78, 5) is 12.2. The molecule has 1 atom stereocenters. The van der Waals surface area contributed by atoms with Gasteiger partial charge in [0.1, 0.15) is 0 Å². The molecule has 90 valence electrons. The molecule has 0 fully saturated rings. The molecule has 0 unspecified atom stereocenters. The van der Waals surface area contributed by atoms with Gasteiger partial charge < -0.3 is 5.32 Å². The van der Waals surface area contributed by atoms with E-state index in [1.54, 1.807) is 11.8 Å². The predicted octanol–water partition coefficient (Wildman–Crippen LogP) is 2.72. The zero-order valence-corrected chi connectivity index (χ0v) is 11.9. The van der Waals surface area contributed by atoms with Gasteiger partial charge in [-0.15, -0.1) is 0 Å². The average Bonchev–Trinajstić information content (AvgIpc) is 1.98. The summed E-state index contributed by atoms with van der Waals surface area (Å²) < 4.78 is 0. The van der Waals surface area contributed by atoms with E-state index in [2.05, 4.69) is 26.1 Å². The SMILES string of the molecule is CSC[C@H](NC(C)(C)C)C(=O)C(C)(C)C. The van der Waals surface area contributed by atoms with Crippen molar-refractivity contribution >= 4 is 17.5 Å². The van der Waals surface area contributed by atoms with Crippen molar-refractivity contribution in [3.8, 4) is 0 Å². The van der Waals surface area contributed by atoms with Crippen LogP contribution in [0.4, 0.5) is 0 Å². The van der Waals surface area contributed by atoms with E-state index in [0.29, 0.717) is 5.78 Å². The number of rotatable bonds is 4. The summed E-state index contributed by atoms with van der Waals surface area (Å²) in [5, 5.41) is 3.39. The lowest BCUT2D eigenvalue weighted by Crippen LogP contribution is -2.52.